The molecule has 0 amide bonds. The second-order valence-electron chi connectivity index (χ2n) is 5.59. The number of alkyl halides is 4. The molecule has 0 aromatic heterocycles. The van der Waals surface area contributed by atoms with E-state index in [1.165, 1.54) is 12.1 Å². The summed E-state index contributed by atoms with van der Waals surface area (Å²) in [7, 11) is 0. The molecule has 1 aromatic rings. The molecule has 1 aromatic carbocycles. The maximum Gasteiger partial charge on any atom is 0.461 e. The number of hydrogen-bond acceptors (Lipinski definition) is 3. The van der Waals surface area contributed by atoms with Crippen LogP contribution in [0.1, 0.15) is 31.4 Å². The van der Waals surface area contributed by atoms with Crippen LogP contribution in [0.4, 0.5) is 17.6 Å². The molecule has 0 radical (unpaired) electrons. The lowest BCUT2D eigenvalue weighted by Crippen LogP contribution is -2.45. The minimum atomic E-state index is -4.49. The van der Waals surface area contributed by atoms with E-state index in [0.717, 1.165) is 39.0 Å². The van der Waals surface area contributed by atoms with E-state index in [4.69, 9.17) is 0 Å². The van der Waals surface area contributed by atoms with Crippen LogP contribution in [0, 0.1) is 0 Å². The van der Waals surface area contributed by atoms with Gasteiger partial charge in [-0.3, -0.25) is 4.90 Å². The van der Waals surface area contributed by atoms with Gasteiger partial charge in [-0.25, -0.2) is 0 Å². The molecule has 1 aliphatic heterocycles. The van der Waals surface area contributed by atoms with Crippen LogP contribution in [0.15, 0.2) is 24.3 Å². The fourth-order valence-corrected chi connectivity index (χ4v) is 2.84. The van der Waals surface area contributed by atoms with Crippen molar-refractivity contribution in [2.75, 3.05) is 26.2 Å². The molecule has 2 rings (SSSR count). The van der Waals surface area contributed by atoms with Crippen molar-refractivity contribution in [3.63, 3.8) is 0 Å². The number of para-hydroxylation sites is 1. The predicted molar refractivity (Wildman–Crippen MR) is 80.1 cm³/mol. The Balaban J connectivity index is 2.28. The summed E-state index contributed by atoms with van der Waals surface area (Å²) < 4.78 is 55.9. The summed E-state index contributed by atoms with van der Waals surface area (Å²) in [5.41, 5.74) is 0.538. The summed E-state index contributed by atoms with van der Waals surface area (Å²) in [4.78, 5) is 2.18. The lowest BCUT2D eigenvalue weighted by atomic mass is 9.99. The topological polar surface area (TPSA) is 24.5 Å². The molecule has 0 bridgehead atoms. The summed E-state index contributed by atoms with van der Waals surface area (Å²) in [6.45, 7) is 5.20. The second kappa shape index (κ2) is 7.97. The highest BCUT2D eigenvalue weighted by atomic mass is 19.3. The molecule has 0 spiro atoms. The van der Waals surface area contributed by atoms with Crippen molar-refractivity contribution >= 4 is 0 Å². The average molecular weight is 334 g/mol. The molecule has 130 valence electrons. The van der Waals surface area contributed by atoms with Gasteiger partial charge in [0.25, 0.3) is 0 Å². The standard InChI is InChI=1S/C16H22F4N2O/c1-2-5-13(22-10-8-21-9-11-22)12-6-3-4-7-14(12)23-16(19,20)15(17)18/h3-4,6-7,13,15,21H,2,5,8-11H2,1H3/t13-/m1/s1. The molecular formula is C16H22F4N2O. The predicted octanol–water partition coefficient (Wildman–Crippen LogP) is 3.67. The quantitative estimate of drug-likeness (QED) is 0.770. The number of piperazine rings is 1. The maximum absolute atomic E-state index is 13.3. The first-order valence-corrected chi connectivity index (χ1v) is 7.84. The lowest BCUT2D eigenvalue weighted by Gasteiger charge is -2.36. The molecule has 1 atom stereocenters. The number of nitrogens with one attached hydrogen (secondary N) is 1. The zero-order valence-corrected chi connectivity index (χ0v) is 13.1. The van der Waals surface area contributed by atoms with E-state index in [9.17, 15) is 17.6 Å². The van der Waals surface area contributed by atoms with Crippen molar-refractivity contribution in [2.45, 2.75) is 38.3 Å². The van der Waals surface area contributed by atoms with E-state index in [1.807, 2.05) is 6.92 Å². The number of ether oxygens (including phenoxy) is 1. The van der Waals surface area contributed by atoms with Crippen molar-refractivity contribution in [2.24, 2.45) is 0 Å². The van der Waals surface area contributed by atoms with Gasteiger partial charge in [-0.15, -0.1) is 0 Å². The number of halogens is 4. The summed E-state index contributed by atoms with van der Waals surface area (Å²) in [5.74, 6) is -0.171. The van der Waals surface area contributed by atoms with Crippen LogP contribution in [-0.2, 0) is 0 Å². The smallest absolute Gasteiger partial charge is 0.428 e. The summed E-state index contributed by atoms with van der Waals surface area (Å²) >= 11 is 0. The fraction of sp³-hybridized carbons (Fsp3) is 0.625. The highest BCUT2D eigenvalue weighted by molar-refractivity contribution is 5.36. The van der Waals surface area contributed by atoms with Gasteiger partial charge in [0.1, 0.15) is 5.75 Å². The van der Waals surface area contributed by atoms with Crippen LogP contribution >= 0.6 is 0 Å². The van der Waals surface area contributed by atoms with Crippen LogP contribution in [0.2, 0.25) is 0 Å². The van der Waals surface area contributed by atoms with Crippen molar-refractivity contribution in [1.29, 1.82) is 0 Å². The number of rotatable bonds is 7. The molecule has 1 heterocycles. The van der Waals surface area contributed by atoms with Gasteiger partial charge in [0.05, 0.1) is 0 Å². The van der Waals surface area contributed by atoms with E-state index in [-0.39, 0.29) is 11.8 Å². The molecule has 1 N–H and O–H groups in total. The Morgan fingerprint density at radius 3 is 2.48 bits per heavy atom. The Hall–Kier alpha value is -1.34. The Kier molecular flexibility index (Phi) is 6.24. The first kappa shape index (κ1) is 18.0. The van der Waals surface area contributed by atoms with Crippen LogP contribution < -0.4 is 10.1 Å². The highest BCUT2D eigenvalue weighted by Gasteiger charge is 2.44. The second-order valence-corrected chi connectivity index (χ2v) is 5.59. The van der Waals surface area contributed by atoms with E-state index in [2.05, 4.69) is 15.0 Å². The van der Waals surface area contributed by atoms with Gasteiger partial charge in [-0.2, -0.15) is 17.6 Å². The van der Waals surface area contributed by atoms with Crippen molar-refractivity contribution < 1.29 is 22.3 Å². The normalized spacial score (nSPS) is 18.2. The Bertz CT molecular complexity index is 493. The van der Waals surface area contributed by atoms with Gasteiger partial charge < -0.3 is 10.1 Å². The SMILES string of the molecule is CCC[C@H](c1ccccc1OC(F)(F)C(F)F)N1CCNCC1. The molecular weight excluding hydrogens is 312 g/mol. The Morgan fingerprint density at radius 2 is 1.87 bits per heavy atom. The molecule has 1 fully saturated rings. The highest BCUT2D eigenvalue weighted by Crippen LogP contribution is 2.36. The third kappa shape index (κ3) is 4.57. The van der Waals surface area contributed by atoms with Crippen molar-refractivity contribution in [1.82, 2.24) is 10.2 Å². The van der Waals surface area contributed by atoms with Gasteiger partial charge in [0.15, 0.2) is 0 Å². The third-order valence-electron chi connectivity index (χ3n) is 3.93. The monoisotopic (exact) mass is 334 g/mol. The first-order valence-electron chi connectivity index (χ1n) is 7.84. The zero-order valence-electron chi connectivity index (χ0n) is 13.1. The molecule has 0 saturated carbocycles. The number of hydrogen-bond donors (Lipinski definition) is 1. The maximum atomic E-state index is 13.3. The fourth-order valence-electron chi connectivity index (χ4n) is 2.84. The molecule has 7 heteroatoms. The summed E-state index contributed by atoms with van der Waals surface area (Å²) in [6.07, 6.45) is -6.75. The number of nitrogens with zero attached hydrogens (tertiary/aromatic N) is 1. The largest absolute Gasteiger partial charge is 0.461 e. The van der Waals surface area contributed by atoms with Crippen LogP contribution in [-0.4, -0.2) is 43.6 Å². The van der Waals surface area contributed by atoms with Gasteiger partial charge in [0.2, 0.25) is 0 Å². The van der Waals surface area contributed by atoms with Gasteiger partial charge in [-0.05, 0) is 12.5 Å². The minimum Gasteiger partial charge on any atom is -0.428 e. The number of benzene rings is 1. The van der Waals surface area contributed by atoms with Crippen LogP contribution in [0.25, 0.3) is 0 Å². The Morgan fingerprint density at radius 1 is 1.22 bits per heavy atom. The van der Waals surface area contributed by atoms with E-state index in [1.54, 1.807) is 12.1 Å². The lowest BCUT2D eigenvalue weighted by molar-refractivity contribution is -0.253. The molecule has 1 aliphatic rings. The van der Waals surface area contributed by atoms with E-state index in [0.29, 0.717) is 5.56 Å². The first-order chi connectivity index (χ1) is 11.0. The Labute approximate surface area is 133 Å². The van der Waals surface area contributed by atoms with Crippen LogP contribution in [0.3, 0.4) is 0 Å². The molecule has 0 unspecified atom stereocenters. The summed E-state index contributed by atoms with van der Waals surface area (Å²) in [5, 5.41) is 3.24. The van der Waals surface area contributed by atoms with Gasteiger partial charge in [0, 0.05) is 37.8 Å². The average Bonchev–Trinajstić information content (AvgIpc) is 2.54. The van der Waals surface area contributed by atoms with Gasteiger partial charge in [-0.1, -0.05) is 31.5 Å². The van der Waals surface area contributed by atoms with E-state index >= 15 is 0 Å². The minimum absolute atomic E-state index is 0.119. The molecule has 23 heavy (non-hydrogen) atoms. The van der Waals surface area contributed by atoms with Crippen LogP contribution in [0.5, 0.6) is 5.75 Å². The molecule has 1 saturated heterocycles. The van der Waals surface area contributed by atoms with Crippen molar-refractivity contribution in [3.8, 4) is 5.75 Å². The molecule has 0 aliphatic carbocycles. The van der Waals surface area contributed by atoms with E-state index < -0.39 is 12.5 Å². The van der Waals surface area contributed by atoms with Crippen molar-refractivity contribution in [3.05, 3.63) is 29.8 Å². The molecule has 3 nitrogen and oxygen atoms in total. The third-order valence-corrected chi connectivity index (χ3v) is 3.93. The zero-order chi connectivity index (χ0) is 16.9. The summed E-state index contributed by atoms with van der Waals surface area (Å²) in [6, 6.07) is 6.12. The van der Waals surface area contributed by atoms with Gasteiger partial charge >= 0.3 is 12.5 Å².